The molecule has 0 spiro atoms. The van der Waals surface area contributed by atoms with Crippen molar-refractivity contribution in [2.24, 2.45) is 5.92 Å². The zero-order valence-corrected chi connectivity index (χ0v) is 11.4. The van der Waals surface area contributed by atoms with Gasteiger partial charge < -0.3 is 9.29 Å². The normalized spacial score (nSPS) is 21.3. The minimum atomic E-state index is -4.34. The van der Waals surface area contributed by atoms with Crippen molar-refractivity contribution in [1.82, 2.24) is 0 Å². The molecule has 18 heavy (non-hydrogen) atoms. The van der Waals surface area contributed by atoms with Crippen LogP contribution in [0.1, 0.15) is 39.0 Å². The quantitative estimate of drug-likeness (QED) is 0.230. The van der Waals surface area contributed by atoms with E-state index in [2.05, 4.69) is 4.74 Å². The van der Waals surface area contributed by atoms with E-state index in [0.29, 0.717) is 6.42 Å². The van der Waals surface area contributed by atoms with E-state index in [4.69, 9.17) is 0 Å². The Morgan fingerprint density at radius 3 is 2.39 bits per heavy atom. The molecule has 1 saturated heterocycles. The third-order valence-corrected chi connectivity index (χ3v) is 4.10. The van der Waals surface area contributed by atoms with Gasteiger partial charge in [-0.05, 0) is 19.3 Å². The summed E-state index contributed by atoms with van der Waals surface area (Å²) >= 11 is 0. The van der Waals surface area contributed by atoms with Crippen molar-refractivity contribution in [3.05, 3.63) is 0 Å². The number of cyclic esters (lactones) is 2. The molecule has 0 radical (unpaired) electrons. The average molecular weight is 270 g/mol. The molecule has 0 N–H and O–H groups in total. The third kappa shape index (κ3) is 5.10. The molecule has 0 aromatic heterocycles. The van der Waals surface area contributed by atoms with E-state index >= 15 is 0 Å². The first kappa shape index (κ1) is 17.6. The molecule has 8 heteroatoms. The summed E-state index contributed by atoms with van der Waals surface area (Å²) in [7, 11) is -4.34. The van der Waals surface area contributed by atoms with Crippen LogP contribution >= 0.6 is 0 Å². The number of ether oxygens (including phenoxy) is 1. The summed E-state index contributed by atoms with van der Waals surface area (Å²) in [6.45, 7) is 1.78. The van der Waals surface area contributed by atoms with Crippen LogP contribution in [0.25, 0.3) is 0 Å². The number of carbonyl (C=O) groups is 2. The largest absolute Gasteiger partial charge is 1.00 e. The van der Waals surface area contributed by atoms with Crippen molar-refractivity contribution < 1.29 is 46.2 Å². The Morgan fingerprint density at radius 1 is 1.39 bits per heavy atom. The molecule has 2 unspecified atom stereocenters. The van der Waals surface area contributed by atoms with Gasteiger partial charge in [0.1, 0.15) is 0 Å². The summed E-state index contributed by atoms with van der Waals surface area (Å²) in [6.07, 6.45) is 1.15. The number of hydrogen-bond donors (Lipinski definition) is 0. The maximum atomic E-state index is 11.1. The van der Waals surface area contributed by atoms with Gasteiger partial charge in [0.05, 0.1) is 22.5 Å². The maximum Gasteiger partial charge on any atom is 1.00 e. The van der Waals surface area contributed by atoms with Crippen LogP contribution < -0.4 is 18.9 Å². The van der Waals surface area contributed by atoms with Crippen LogP contribution in [0, 0.1) is 5.92 Å². The Kier molecular flexibility index (Phi) is 7.15. The fraction of sp³-hybridized carbons (Fsp3) is 0.800. The second-order valence-corrected chi connectivity index (χ2v) is 5.83. The summed E-state index contributed by atoms with van der Waals surface area (Å²) in [5, 5.41) is -0.976. The molecule has 0 aromatic rings. The molecule has 98 valence electrons. The summed E-state index contributed by atoms with van der Waals surface area (Å²) < 4.78 is 37.1. The van der Waals surface area contributed by atoms with Gasteiger partial charge in [-0.2, -0.15) is 0 Å². The Morgan fingerprint density at radius 2 is 2.00 bits per heavy atom. The summed E-state index contributed by atoms with van der Waals surface area (Å²) in [6, 6.07) is 0. The fourth-order valence-corrected chi connectivity index (χ4v) is 2.83. The van der Waals surface area contributed by atoms with Gasteiger partial charge in [0.25, 0.3) is 0 Å². The average Bonchev–Trinajstić information content (AvgIpc) is 2.50. The van der Waals surface area contributed by atoms with Gasteiger partial charge in [0.15, 0.2) is 0 Å². The summed E-state index contributed by atoms with van der Waals surface area (Å²) in [5.74, 6) is -1.80. The minimum Gasteiger partial charge on any atom is -0.748 e. The molecule has 1 rings (SSSR count). The van der Waals surface area contributed by atoms with Crippen LogP contribution in [0.3, 0.4) is 0 Å². The molecule has 1 heterocycles. The summed E-state index contributed by atoms with van der Waals surface area (Å²) in [5.41, 5.74) is 0. The van der Waals surface area contributed by atoms with E-state index in [9.17, 15) is 22.6 Å². The maximum absolute atomic E-state index is 11.1. The first-order valence-electron chi connectivity index (χ1n) is 5.53. The van der Waals surface area contributed by atoms with Gasteiger partial charge in [0, 0.05) is 5.25 Å². The predicted octanol–water partition coefficient (Wildman–Crippen LogP) is -2.43. The van der Waals surface area contributed by atoms with Gasteiger partial charge in [-0.25, -0.2) is 8.42 Å². The molecule has 1 aliphatic heterocycles. The van der Waals surface area contributed by atoms with E-state index in [0.717, 1.165) is 0 Å². The molecule has 0 bridgehead atoms. The monoisotopic (exact) mass is 270 g/mol. The topological polar surface area (TPSA) is 101 Å². The zero-order valence-electron chi connectivity index (χ0n) is 10.5. The van der Waals surface area contributed by atoms with Crippen LogP contribution in [0.2, 0.25) is 0 Å². The second kappa shape index (κ2) is 7.29. The molecular weight excluding hydrogens is 255 g/mol. The number of hydrogen-bond acceptors (Lipinski definition) is 6. The molecule has 1 aliphatic rings. The molecule has 0 aliphatic carbocycles. The smallest absolute Gasteiger partial charge is 0.748 e. The van der Waals surface area contributed by atoms with Crippen molar-refractivity contribution in [2.45, 2.75) is 44.3 Å². The van der Waals surface area contributed by atoms with Crippen molar-refractivity contribution in [1.29, 1.82) is 0 Å². The van der Waals surface area contributed by atoms with Crippen LogP contribution in [0.15, 0.2) is 0 Å². The number of esters is 2. The number of rotatable bonds is 6. The molecule has 1 fully saturated rings. The Hall–Kier alpha value is -0.353. The van der Waals surface area contributed by atoms with Crippen molar-refractivity contribution in [3.63, 3.8) is 0 Å². The fourth-order valence-electron chi connectivity index (χ4n) is 1.88. The van der Waals surface area contributed by atoms with Crippen LogP contribution in [0.5, 0.6) is 0 Å². The van der Waals surface area contributed by atoms with Crippen molar-refractivity contribution in [3.8, 4) is 0 Å². The SMILES string of the molecule is CCCC(CCC1CC(=O)OC1=O)S(=O)(=O)[O-].[Li+]. The van der Waals surface area contributed by atoms with E-state index in [1.54, 1.807) is 6.92 Å². The molecule has 0 saturated carbocycles. The van der Waals surface area contributed by atoms with Crippen molar-refractivity contribution >= 4 is 22.1 Å². The van der Waals surface area contributed by atoms with E-state index < -0.39 is 33.2 Å². The second-order valence-electron chi connectivity index (χ2n) is 4.17. The Balaban J connectivity index is 0.00000289. The predicted molar refractivity (Wildman–Crippen MR) is 56.8 cm³/mol. The van der Waals surface area contributed by atoms with Gasteiger partial charge in [-0.3, -0.25) is 9.59 Å². The Labute approximate surface area is 118 Å². The third-order valence-electron chi connectivity index (χ3n) is 2.82. The first-order chi connectivity index (χ1) is 7.84. The standard InChI is InChI=1S/C10H16O6S.Li/c1-2-3-8(17(13,14)15)5-4-7-6-9(11)16-10(7)12;/h7-8H,2-6H2,1H3,(H,13,14,15);/q;+1/p-1. The molecule has 0 amide bonds. The van der Waals surface area contributed by atoms with Gasteiger partial charge in [0.2, 0.25) is 0 Å². The zero-order chi connectivity index (χ0) is 13.1. The van der Waals surface area contributed by atoms with Gasteiger partial charge in [-0.1, -0.05) is 13.3 Å². The molecular formula is C10H15LiO6S. The van der Waals surface area contributed by atoms with Crippen molar-refractivity contribution in [2.75, 3.05) is 0 Å². The van der Waals surface area contributed by atoms with Crippen LogP contribution in [-0.4, -0.2) is 30.2 Å². The Bertz CT molecular complexity index is 405. The molecule has 6 nitrogen and oxygen atoms in total. The van der Waals surface area contributed by atoms with Crippen LogP contribution in [-0.2, 0) is 24.4 Å². The van der Waals surface area contributed by atoms with E-state index in [1.165, 1.54) is 0 Å². The number of carbonyl (C=O) groups excluding carboxylic acids is 2. The van der Waals surface area contributed by atoms with Gasteiger partial charge >= 0.3 is 30.8 Å². The van der Waals surface area contributed by atoms with E-state index in [-0.39, 0.29) is 44.5 Å². The first-order valence-corrected chi connectivity index (χ1v) is 7.01. The minimum absolute atomic E-state index is 0. The van der Waals surface area contributed by atoms with Gasteiger partial charge in [-0.15, -0.1) is 0 Å². The summed E-state index contributed by atoms with van der Waals surface area (Å²) in [4.78, 5) is 21.9. The van der Waals surface area contributed by atoms with Crippen LogP contribution in [0.4, 0.5) is 0 Å². The molecule has 0 aromatic carbocycles. The molecule has 2 atom stereocenters. The van der Waals surface area contributed by atoms with E-state index in [1.807, 2.05) is 0 Å².